The van der Waals surface area contributed by atoms with E-state index in [9.17, 15) is 9.50 Å². The third-order valence-corrected chi connectivity index (χ3v) is 3.76. The van der Waals surface area contributed by atoms with Crippen LogP contribution in [-0.4, -0.2) is 5.11 Å². The van der Waals surface area contributed by atoms with Crippen LogP contribution in [0.4, 0.5) is 4.39 Å². The zero-order valence-electron chi connectivity index (χ0n) is 10.5. The second-order valence-corrected chi connectivity index (χ2v) is 5.25. The largest absolute Gasteiger partial charge is 0.506 e. The fraction of sp³-hybridized carbons (Fsp3) is 0.200. The number of halogens is 2. The molecule has 5 heteroatoms. The van der Waals surface area contributed by atoms with Gasteiger partial charge in [0.2, 0.25) is 0 Å². The molecule has 0 spiro atoms. The number of rotatable bonds is 1. The fourth-order valence-corrected chi connectivity index (χ4v) is 2.59. The zero-order valence-corrected chi connectivity index (χ0v) is 11.3. The first-order chi connectivity index (χ1) is 9.54. The Morgan fingerprint density at radius 2 is 2.05 bits per heavy atom. The van der Waals surface area contributed by atoms with E-state index in [4.69, 9.17) is 22.1 Å². The third kappa shape index (κ3) is 2.32. The number of hydrogen-bond donors (Lipinski definition) is 2. The summed E-state index contributed by atoms with van der Waals surface area (Å²) in [6.45, 7) is 0. The van der Waals surface area contributed by atoms with Crippen molar-refractivity contribution in [3.63, 3.8) is 0 Å². The van der Waals surface area contributed by atoms with Crippen molar-refractivity contribution in [1.29, 1.82) is 0 Å². The molecule has 3 N–H and O–H groups in total. The van der Waals surface area contributed by atoms with Crippen molar-refractivity contribution in [2.24, 2.45) is 5.73 Å². The molecule has 0 radical (unpaired) electrons. The summed E-state index contributed by atoms with van der Waals surface area (Å²) in [5.74, 6) is 0.111. The Bertz CT molecular complexity index is 662. The molecular formula is C15H13ClFNO2. The SMILES string of the molecule is NC1CC(c2ccc(O)c(Cl)c2)Oc2cc(F)ccc21. The Hall–Kier alpha value is -1.78. The van der Waals surface area contributed by atoms with Crippen molar-refractivity contribution in [2.75, 3.05) is 0 Å². The van der Waals surface area contributed by atoms with Crippen LogP contribution < -0.4 is 10.5 Å². The summed E-state index contributed by atoms with van der Waals surface area (Å²) >= 11 is 5.90. The average molecular weight is 294 g/mol. The van der Waals surface area contributed by atoms with Gasteiger partial charge >= 0.3 is 0 Å². The molecule has 1 heterocycles. The van der Waals surface area contributed by atoms with E-state index >= 15 is 0 Å². The number of ether oxygens (including phenoxy) is 1. The molecule has 0 aromatic heterocycles. The number of hydrogen-bond acceptors (Lipinski definition) is 3. The Kier molecular flexibility index (Phi) is 3.28. The first kappa shape index (κ1) is 13.2. The van der Waals surface area contributed by atoms with E-state index in [1.807, 2.05) is 0 Å². The van der Waals surface area contributed by atoms with Crippen LogP contribution in [0.15, 0.2) is 36.4 Å². The molecule has 1 aliphatic heterocycles. The Labute approximate surface area is 120 Å². The van der Waals surface area contributed by atoms with Crippen molar-refractivity contribution >= 4 is 11.6 Å². The summed E-state index contributed by atoms with van der Waals surface area (Å²) in [6.07, 6.45) is 0.261. The molecular weight excluding hydrogens is 281 g/mol. The smallest absolute Gasteiger partial charge is 0.134 e. The summed E-state index contributed by atoms with van der Waals surface area (Å²) in [5, 5.41) is 9.70. The number of phenols is 1. The van der Waals surface area contributed by atoms with Crippen LogP contribution in [0.5, 0.6) is 11.5 Å². The molecule has 0 fully saturated rings. The van der Waals surface area contributed by atoms with Gasteiger partial charge in [0, 0.05) is 24.1 Å². The van der Waals surface area contributed by atoms with Crippen LogP contribution in [0, 0.1) is 5.82 Å². The molecule has 2 aromatic carbocycles. The lowest BCUT2D eigenvalue weighted by atomic mass is 9.93. The maximum atomic E-state index is 13.3. The number of aromatic hydroxyl groups is 1. The van der Waals surface area contributed by atoms with Gasteiger partial charge in [0.15, 0.2) is 0 Å². The van der Waals surface area contributed by atoms with Crippen LogP contribution in [0.1, 0.15) is 29.7 Å². The molecule has 0 saturated heterocycles. The van der Waals surface area contributed by atoms with Crippen LogP contribution in [-0.2, 0) is 0 Å². The van der Waals surface area contributed by atoms with E-state index in [1.54, 1.807) is 18.2 Å². The van der Waals surface area contributed by atoms with Crippen LogP contribution in [0.3, 0.4) is 0 Å². The number of benzene rings is 2. The molecule has 0 bridgehead atoms. The summed E-state index contributed by atoms with van der Waals surface area (Å²) in [6, 6.07) is 9.00. The number of fused-ring (bicyclic) bond motifs is 1. The maximum absolute atomic E-state index is 13.3. The molecule has 0 saturated carbocycles. The molecule has 0 amide bonds. The minimum Gasteiger partial charge on any atom is -0.506 e. The number of nitrogens with two attached hydrogens (primary N) is 1. The third-order valence-electron chi connectivity index (χ3n) is 3.46. The quantitative estimate of drug-likeness (QED) is 0.843. The monoisotopic (exact) mass is 293 g/mol. The lowest BCUT2D eigenvalue weighted by molar-refractivity contribution is 0.160. The normalized spacial score (nSPS) is 21.1. The van der Waals surface area contributed by atoms with Crippen molar-refractivity contribution in [3.05, 3.63) is 58.4 Å². The molecule has 2 aromatic rings. The van der Waals surface area contributed by atoms with Crippen molar-refractivity contribution < 1.29 is 14.2 Å². The van der Waals surface area contributed by atoms with Gasteiger partial charge in [0.05, 0.1) is 5.02 Å². The molecule has 0 aliphatic carbocycles. The minimum atomic E-state index is -0.361. The van der Waals surface area contributed by atoms with Crippen molar-refractivity contribution in [1.82, 2.24) is 0 Å². The standard InChI is InChI=1S/C15H13ClFNO2/c16-11-5-8(1-4-13(11)19)14-7-12(18)10-3-2-9(17)6-15(10)20-14/h1-6,12,14,19H,7,18H2. The highest BCUT2D eigenvalue weighted by molar-refractivity contribution is 6.32. The zero-order chi connectivity index (χ0) is 14.3. The van der Waals surface area contributed by atoms with Gasteiger partial charge in [0.1, 0.15) is 23.4 Å². The molecule has 20 heavy (non-hydrogen) atoms. The topological polar surface area (TPSA) is 55.5 Å². The molecule has 104 valence electrons. The molecule has 2 atom stereocenters. The van der Waals surface area contributed by atoms with Gasteiger partial charge in [-0.2, -0.15) is 0 Å². The van der Waals surface area contributed by atoms with E-state index in [0.29, 0.717) is 12.2 Å². The van der Waals surface area contributed by atoms with Crippen molar-refractivity contribution in [3.8, 4) is 11.5 Å². The number of phenolic OH excluding ortho intramolecular Hbond substituents is 1. The lowest BCUT2D eigenvalue weighted by Gasteiger charge is -2.30. The van der Waals surface area contributed by atoms with Crippen molar-refractivity contribution in [2.45, 2.75) is 18.6 Å². The van der Waals surface area contributed by atoms with Crippen LogP contribution in [0.2, 0.25) is 5.02 Å². The maximum Gasteiger partial charge on any atom is 0.134 e. The Morgan fingerprint density at radius 1 is 1.25 bits per heavy atom. The van der Waals surface area contributed by atoms with E-state index in [1.165, 1.54) is 18.2 Å². The van der Waals surface area contributed by atoms with E-state index < -0.39 is 0 Å². The lowest BCUT2D eigenvalue weighted by Crippen LogP contribution is -2.24. The first-order valence-electron chi connectivity index (χ1n) is 6.24. The predicted octanol–water partition coefficient (Wildman–Crippen LogP) is 3.71. The average Bonchev–Trinajstić information content (AvgIpc) is 2.41. The molecule has 1 aliphatic rings. The highest BCUT2D eigenvalue weighted by Gasteiger charge is 2.27. The predicted molar refractivity (Wildman–Crippen MR) is 74.4 cm³/mol. The Balaban J connectivity index is 1.96. The highest BCUT2D eigenvalue weighted by Crippen LogP contribution is 2.41. The van der Waals surface area contributed by atoms with E-state index in [-0.39, 0.29) is 28.7 Å². The summed E-state index contributed by atoms with van der Waals surface area (Å²) in [7, 11) is 0. The summed E-state index contributed by atoms with van der Waals surface area (Å²) in [4.78, 5) is 0. The fourth-order valence-electron chi connectivity index (χ4n) is 2.40. The summed E-state index contributed by atoms with van der Waals surface area (Å²) < 4.78 is 19.1. The molecule has 2 unspecified atom stereocenters. The van der Waals surface area contributed by atoms with Gasteiger partial charge in [-0.15, -0.1) is 0 Å². The van der Waals surface area contributed by atoms with E-state index in [2.05, 4.69) is 0 Å². The Morgan fingerprint density at radius 3 is 2.80 bits per heavy atom. The van der Waals surface area contributed by atoms with Gasteiger partial charge in [-0.05, 0) is 23.8 Å². The molecule has 3 rings (SSSR count). The van der Waals surface area contributed by atoms with Gasteiger partial charge < -0.3 is 15.6 Å². The summed E-state index contributed by atoms with van der Waals surface area (Å²) in [5.41, 5.74) is 7.71. The second-order valence-electron chi connectivity index (χ2n) is 4.84. The van der Waals surface area contributed by atoms with Gasteiger partial charge in [-0.3, -0.25) is 0 Å². The minimum absolute atomic E-state index is 0.0157. The molecule has 3 nitrogen and oxygen atoms in total. The van der Waals surface area contributed by atoms with Gasteiger partial charge in [-0.1, -0.05) is 23.7 Å². The first-order valence-corrected chi connectivity index (χ1v) is 6.62. The second kappa shape index (κ2) is 4.96. The highest BCUT2D eigenvalue weighted by atomic mass is 35.5. The van der Waals surface area contributed by atoms with Crippen LogP contribution in [0.25, 0.3) is 0 Å². The van der Waals surface area contributed by atoms with Gasteiger partial charge in [0.25, 0.3) is 0 Å². The van der Waals surface area contributed by atoms with Gasteiger partial charge in [-0.25, -0.2) is 4.39 Å². The van der Waals surface area contributed by atoms with Crippen LogP contribution >= 0.6 is 11.6 Å². The van der Waals surface area contributed by atoms with E-state index in [0.717, 1.165) is 11.1 Å².